The van der Waals surface area contributed by atoms with Gasteiger partial charge in [-0.05, 0) is 61.4 Å². The first kappa shape index (κ1) is 13.7. The molecule has 0 aromatic carbocycles. The van der Waals surface area contributed by atoms with Gasteiger partial charge in [-0.15, -0.1) is 0 Å². The molecule has 0 spiro atoms. The van der Waals surface area contributed by atoms with E-state index in [2.05, 4.69) is 56.8 Å². The maximum Gasteiger partial charge on any atom is 0.00967 e. The normalized spacial score (nSPS) is 13.1. The minimum absolute atomic E-state index is 0.222. The second kappa shape index (κ2) is 5.33. The average molecular weight is 239 g/mol. The van der Waals surface area contributed by atoms with E-state index < -0.39 is 0 Å². The molecular formula is C14H25NS. The van der Waals surface area contributed by atoms with Crippen LogP contribution in [0.15, 0.2) is 16.8 Å². The zero-order valence-electron chi connectivity index (χ0n) is 11.3. The van der Waals surface area contributed by atoms with Crippen molar-refractivity contribution in [2.24, 2.45) is 5.41 Å². The van der Waals surface area contributed by atoms with Crippen LogP contribution in [0.5, 0.6) is 0 Å². The first-order chi connectivity index (χ1) is 7.29. The van der Waals surface area contributed by atoms with Crippen LogP contribution >= 0.6 is 11.3 Å². The fraction of sp³-hybridized carbons (Fsp3) is 0.714. The lowest BCUT2D eigenvalue weighted by atomic mass is 9.86. The predicted octanol–water partition coefficient (Wildman–Crippen LogP) is 4.10. The van der Waals surface area contributed by atoms with Crippen LogP contribution in [0.4, 0.5) is 0 Å². The molecule has 1 heterocycles. The van der Waals surface area contributed by atoms with E-state index in [1.54, 1.807) is 11.3 Å². The van der Waals surface area contributed by atoms with E-state index in [4.69, 9.17) is 0 Å². The summed E-state index contributed by atoms with van der Waals surface area (Å²) >= 11 is 1.79. The molecule has 16 heavy (non-hydrogen) atoms. The van der Waals surface area contributed by atoms with E-state index in [-0.39, 0.29) is 5.54 Å². The van der Waals surface area contributed by atoms with Gasteiger partial charge in [0.05, 0.1) is 0 Å². The topological polar surface area (TPSA) is 12.0 Å². The summed E-state index contributed by atoms with van der Waals surface area (Å²) in [7, 11) is 0. The summed E-state index contributed by atoms with van der Waals surface area (Å²) in [5.74, 6) is 0. The molecule has 0 saturated heterocycles. The second-order valence-electron chi connectivity index (χ2n) is 6.40. The van der Waals surface area contributed by atoms with Crippen LogP contribution < -0.4 is 5.32 Å². The Morgan fingerprint density at radius 1 is 1.19 bits per heavy atom. The molecule has 0 aliphatic carbocycles. The molecule has 1 aromatic heterocycles. The number of thiophene rings is 1. The van der Waals surface area contributed by atoms with Gasteiger partial charge in [-0.2, -0.15) is 11.3 Å². The van der Waals surface area contributed by atoms with Gasteiger partial charge in [0, 0.05) is 12.1 Å². The van der Waals surface area contributed by atoms with Gasteiger partial charge in [0.2, 0.25) is 0 Å². The molecular weight excluding hydrogens is 214 g/mol. The maximum absolute atomic E-state index is 3.59. The van der Waals surface area contributed by atoms with Gasteiger partial charge in [-0.25, -0.2) is 0 Å². The summed E-state index contributed by atoms with van der Waals surface area (Å²) in [5, 5.41) is 8.01. The molecule has 92 valence electrons. The van der Waals surface area contributed by atoms with Crippen molar-refractivity contribution in [1.29, 1.82) is 0 Å². The Morgan fingerprint density at radius 3 is 2.38 bits per heavy atom. The van der Waals surface area contributed by atoms with Crippen molar-refractivity contribution < 1.29 is 0 Å². The van der Waals surface area contributed by atoms with E-state index in [0.717, 1.165) is 6.54 Å². The van der Waals surface area contributed by atoms with Crippen molar-refractivity contribution in [1.82, 2.24) is 5.32 Å². The van der Waals surface area contributed by atoms with Gasteiger partial charge >= 0.3 is 0 Å². The van der Waals surface area contributed by atoms with Crippen molar-refractivity contribution in [2.75, 3.05) is 6.54 Å². The van der Waals surface area contributed by atoms with E-state index in [9.17, 15) is 0 Å². The summed E-state index contributed by atoms with van der Waals surface area (Å²) in [4.78, 5) is 0. The van der Waals surface area contributed by atoms with E-state index in [1.807, 2.05) is 0 Å². The number of rotatable bonds is 5. The quantitative estimate of drug-likeness (QED) is 0.816. The lowest BCUT2D eigenvalue weighted by molar-refractivity contribution is 0.273. The highest BCUT2D eigenvalue weighted by Gasteiger charge is 2.20. The van der Waals surface area contributed by atoms with Crippen LogP contribution in [-0.2, 0) is 6.42 Å². The summed E-state index contributed by atoms with van der Waals surface area (Å²) in [5.41, 5.74) is 2.07. The van der Waals surface area contributed by atoms with Crippen LogP contribution in [0.2, 0.25) is 0 Å². The third kappa shape index (κ3) is 5.66. The van der Waals surface area contributed by atoms with Crippen molar-refractivity contribution in [3.63, 3.8) is 0 Å². The molecule has 2 heteroatoms. The van der Waals surface area contributed by atoms with Crippen LogP contribution in [0.3, 0.4) is 0 Å². The monoisotopic (exact) mass is 239 g/mol. The molecule has 1 nitrogen and oxygen atoms in total. The Balaban J connectivity index is 2.34. The SMILES string of the molecule is CC(C)(CCc1ccsc1)CNC(C)(C)C. The Labute approximate surface area is 104 Å². The van der Waals surface area contributed by atoms with Crippen LogP contribution in [0.1, 0.15) is 46.6 Å². The summed E-state index contributed by atoms with van der Waals surface area (Å²) in [6, 6.07) is 2.23. The first-order valence-electron chi connectivity index (χ1n) is 6.05. The Hall–Kier alpha value is -0.340. The maximum atomic E-state index is 3.59. The highest BCUT2D eigenvalue weighted by atomic mass is 32.1. The van der Waals surface area contributed by atoms with Crippen molar-refractivity contribution in [2.45, 2.75) is 53.0 Å². The molecule has 0 saturated carbocycles. The van der Waals surface area contributed by atoms with Gasteiger partial charge in [0.25, 0.3) is 0 Å². The molecule has 0 unspecified atom stereocenters. The van der Waals surface area contributed by atoms with Crippen molar-refractivity contribution in [3.05, 3.63) is 22.4 Å². The van der Waals surface area contributed by atoms with Gasteiger partial charge < -0.3 is 5.32 Å². The standard InChI is InChI=1S/C14H25NS/c1-13(2,3)15-11-14(4,5)8-6-12-7-9-16-10-12/h7,9-10,15H,6,8,11H2,1-5H3. The van der Waals surface area contributed by atoms with Crippen LogP contribution in [0, 0.1) is 5.41 Å². The van der Waals surface area contributed by atoms with Crippen LogP contribution in [-0.4, -0.2) is 12.1 Å². The molecule has 1 rings (SSSR count). The van der Waals surface area contributed by atoms with Crippen LogP contribution in [0.25, 0.3) is 0 Å². The highest BCUT2D eigenvalue weighted by Crippen LogP contribution is 2.23. The molecule has 0 aliphatic rings. The largest absolute Gasteiger partial charge is 0.312 e. The van der Waals surface area contributed by atoms with Gasteiger partial charge in [-0.1, -0.05) is 13.8 Å². The molecule has 1 N–H and O–H groups in total. The lowest BCUT2D eigenvalue weighted by Crippen LogP contribution is -2.42. The Kier molecular flexibility index (Phi) is 4.57. The van der Waals surface area contributed by atoms with E-state index in [0.29, 0.717) is 5.41 Å². The molecule has 1 aromatic rings. The van der Waals surface area contributed by atoms with Gasteiger partial charge in [0.1, 0.15) is 0 Å². The third-order valence-corrected chi connectivity index (χ3v) is 3.50. The minimum Gasteiger partial charge on any atom is -0.312 e. The van der Waals surface area contributed by atoms with Gasteiger partial charge in [0.15, 0.2) is 0 Å². The molecule has 0 aliphatic heterocycles. The Morgan fingerprint density at radius 2 is 1.88 bits per heavy atom. The highest BCUT2D eigenvalue weighted by molar-refractivity contribution is 7.07. The fourth-order valence-corrected chi connectivity index (χ4v) is 2.21. The van der Waals surface area contributed by atoms with E-state index in [1.165, 1.54) is 18.4 Å². The first-order valence-corrected chi connectivity index (χ1v) is 6.99. The summed E-state index contributed by atoms with van der Waals surface area (Å²) < 4.78 is 0. The molecule has 0 amide bonds. The number of hydrogen-bond donors (Lipinski definition) is 1. The third-order valence-electron chi connectivity index (χ3n) is 2.77. The number of hydrogen-bond acceptors (Lipinski definition) is 2. The van der Waals surface area contributed by atoms with Crippen molar-refractivity contribution >= 4 is 11.3 Å². The summed E-state index contributed by atoms with van der Waals surface area (Å²) in [6.07, 6.45) is 2.44. The fourth-order valence-electron chi connectivity index (χ4n) is 1.51. The molecule has 0 atom stereocenters. The smallest absolute Gasteiger partial charge is 0.00967 e. The zero-order valence-corrected chi connectivity index (χ0v) is 12.1. The molecule has 0 radical (unpaired) electrons. The van der Waals surface area contributed by atoms with Gasteiger partial charge in [-0.3, -0.25) is 0 Å². The predicted molar refractivity (Wildman–Crippen MR) is 74.2 cm³/mol. The summed E-state index contributed by atoms with van der Waals surface area (Å²) in [6.45, 7) is 12.4. The Bertz CT molecular complexity index is 293. The molecule has 0 fully saturated rings. The second-order valence-corrected chi connectivity index (χ2v) is 7.18. The minimum atomic E-state index is 0.222. The lowest BCUT2D eigenvalue weighted by Gasteiger charge is -2.30. The van der Waals surface area contributed by atoms with Crippen molar-refractivity contribution in [3.8, 4) is 0 Å². The average Bonchev–Trinajstić information content (AvgIpc) is 2.64. The zero-order chi connectivity index (χ0) is 12.2. The molecule has 0 bridgehead atoms. The van der Waals surface area contributed by atoms with E-state index >= 15 is 0 Å². The number of aryl methyl sites for hydroxylation is 1. The number of nitrogens with one attached hydrogen (secondary N) is 1.